The van der Waals surface area contributed by atoms with Crippen LogP contribution in [-0.4, -0.2) is 50.8 Å². The molecule has 0 bridgehead atoms. The lowest BCUT2D eigenvalue weighted by Gasteiger charge is -2.19. The standard InChI is InChI=1S/C17H27F3N4/c1-13-6-7-15(14(2)10-13)11-23-16(21-3)22-8-5-9-24(4)12-17(18,19)20/h6-7,10H,5,8-9,11-12H2,1-4H3,(H2,21,22,23). The Kier molecular flexibility index (Phi) is 8.04. The SMILES string of the molecule is CN=C(NCCCN(C)CC(F)(F)F)NCc1ccc(C)cc1C. The highest BCUT2D eigenvalue weighted by Crippen LogP contribution is 2.15. The average Bonchev–Trinajstić information content (AvgIpc) is 2.46. The van der Waals surface area contributed by atoms with Gasteiger partial charge in [0.2, 0.25) is 0 Å². The summed E-state index contributed by atoms with van der Waals surface area (Å²) in [6.07, 6.45) is -3.54. The number of hydrogen-bond donors (Lipinski definition) is 2. The Labute approximate surface area is 142 Å². The summed E-state index contributed by atoms with van der Waals surface area (Å²) in [6, 6.07) is 6.28. The van der Waals surface area contributed by atoms with E-state index < -0.39 is 12.7 Å². The average molecular weight is 344 g/mol. The molecule has 0 aliphatic heterocycles. The summed E-state index contributed by atoms with van der Waals surface area (Å²) in [4.78, 5) is 5.40. The minimum absolute atomic E-state index is 0.376. The Morgan fingerprint density at radius 1 is 1.21 bits per heavy atom. The maximum absolute atomic E-state index is 12.2. The number of benzene rings is 1. The van der Waals surface area contributed by atoms with Crippen LogP contribution in [0.1, 0.15) is 23.1 Å². The second-order valence-electron chi connectivity index (χ2n) is 5.99. The molecule has 0 heterocycles. The van der Waals surface area contributed by atoms with Crippen LogP contribution in [0.3, 0.4) is 0 Å². The van der Waals surface area contributed by atoms with Gasteiger partial charge in [0.15, 0.2) is 5.96 Å². The van der Waals surface area contributed by atoms with Gasteiger partial charge in [-0.2, -0.15) is 13.2 Å². The van der Waals surface area contributed by atoms with Crippen molar-refractivity contribution in [3.8, 4) is 0 Å². The Morgan fingerprint density at radius 3 is 2.50 bits per heavy atom. The molecule has 0 amide bonds. The number of alkyl halides is 3. The first-order valence-corrected chi connectivity index (χ1v) is 7.97. The topological polar surface area (TPSA) is 39.7 Å². The van der Waals surface area contributed by atoms with E-state index in [1.54, 1.807) is 7.05 Å². The van der Waals surface area contributed by atoms with E-state index in [1.807, 2.05) is 0 Å². The predicted molar refractivity (Wildman–Crippen MR) is 92.3 cm³/mol. The zero-order valence-corrected chi connectivity index (χ0v) is 14.8. The maximum atomic E-state index is 12.2. The molecule has 0 spiro atoms. The van der Waals surface area contributed by atoms with E-state index in [0.29, 0.717) is 32.0 Å². The molecule has 4 nitrogen and oxygen atoms in total. The van der Waals surface area contributed by atoms with E-state index in [0.717, 1.165) is 0 Å². The molecule has 7 heteroatoms. The molecule has 1 aromatic rings. The quantitative estimate of drug-likeness (QED) is 0.454. The lowest BCUT2D eigenvalue weighted by atomic mass is 10.1. The number of halogens is 3. The van der Waals surface area contributed by atoms with Gasteiger partial charge in [0, 0.05) is 20.1 Å². The number of aryl methyl sites for hydroxylation is 2. The van der Waals surface area contributed by atoms with Crippen molar-refractivity contribution in [2.45, 2.75) is 33.0 Å². The Balaban J connectivity index is 2.30. The molecule has 0 fully saturated rings. The van der Waals surface area contributed by atoms with E-state index >= 15 is 0 Å². The van der Waals surface area contributed by atoms with Crippen LogP contribution >= 0.6 is 0 Å². The van der Waals surface area contributed by atoms with Crippen LogP contribution in [0.4, 0.5) is 13.2 Å². The zero-order chi connectivity index (χ0) is 18.2. The first-order chi connectivity index (χ1) is 11.2. The highest BCUT2D eigenvalue weighted by molar-refractivity contribution is 5.79. The third-order valence-electron chi connectivity index (χ3n) is 3.63. The predicted octanol–water partition coefficient (Wildman–Crippen LogP) is 2.85. The van der Waals surface area contributed by atoms with E-state index in [9.17, 15) is 13.2 Å². The van der Waals surface area contributed by atoms with Crippen LogP contribution in [-0.2, 0) is 6.54 Å². The van der Waals surface area contributed by atoms with Crippen LogP contribution in [0.25, 0.3) is 0 Å². The molecule has 1 rings (SSSR count). The molecule has 0 radical (unpaired) electrons. The van der Waals surface area contributed by atoms with Crippen LogP contribution in [0, 0.1) is 13.8 Å². The molecule has 0 aromatic heterocycles. The molecule has 2 N–H and O–H groups in total. The van der Waals surface area contributed by atoms with Gasteiger partial charge in [0.1, 0.15) is 0 Å². The van der Waals surface area contributed by atoms with Gasteiger partial charge in [0.05, 0.1) is 6.54 Å². The highest BCUT2D eigenvalue weighted by atomic mass is 19.4. The number of aliphatic imine (C=N–C) groups is 1. The van der Waals surface area contributed by atoms with Crippen molar-refractivity contribution in [1.29, 1.82) is 0 Å². The van der Waals surface area contributed by atoms with Crippen LogP contribution in [0.2, 0.25) is 0 Å². The summed E-state index contributed by atoms with van der Waals surface area (Å²) >= 11 is 0. The monoisotopic (exact) mass is 344 g/mol. The summed E-state index contributed by atoms with van der Waals surface area (Å²) in [5.74, 6) is 0.647. The Bertz CT molecular complexity index is 541. The molecular formula is C17H27F3N4. The normalized spacial score (nSPS) is 12.6. The minimum Gasteiger partial charge on any atom is -0.356 e. The fourth-order valence-electron chi connectivity index (χ4n) is 2.38. The van der Waals surface area contributed by atoms with Crippen molar-refractivity contribution >= 4 is 5.96 Å². The van der Waals surface area contributed by atoms with Gasteiger partial charge in [0.25, 0.3) is 0 Å². The first-order valence-electron chi connectivity index (χ1n) is 7.97. The van der Waals surface area contributed by atoms with Gasteiger partial charge in [-0.1, -0.05) is 23.8 Å². The van der Waals surface area contributed by atoms with E-state index in [1.165, 1.54) is 28.6 Å². The molecular weight excluding hydrogens is 317 g/mol. The molecule has 136 valence electrons. The van der Waals surface area contributed by atoms with Gasteiger partial charge in [-0.3, -0.25) is 9.89 Å². The Hall–Kier alpha value is -1.76. The van der Waals surface area contributed by atoms with Crippen molar-refractivity contribution < 1.29 is 13.2 Å². The molecule has 0 atom stereocenters. The molecule has 0 saturated carbocycles. The summed E-state index contributed by atoms with van der Waals surface area (Å²) < 4.78 is 36.7. The van der Waals surface area contributed by atoms with Crippen molar-refractivity contribution in [1.82, 2.24) is 15.5 Å². The third kappa shape index (κ3) is 8.19. The van der Waals surface area contributed by atoms with E-state index in [2.05, 4.69) is 47.7 Å². The van der Waals surface area contributed by atoms with Crippen molar-refractivity contribution in [2.75, 3.05) is 33.7 Å². The molecule has 0 aliphatic rings. The van der Waals surface area contributed by atoms with Gasteiger partial charge in [-0.15, -0.1) is 0 Å². The largest absolute Gasteiger partial charge is 0.401 e. The van der Waals surface area contributed by atoms with Crippen LogP contribution in [0.5, 0.6) is 0 Å². The Morgan fingerprint density at radius 2 is 1.92 bits per heavy atom. The van der Waals surface area contributed by atoms with Crippen molar-refractivity contribution in [2.24, 2.45) is 4.99 Å². The number of guanidine groups is 1. The fraction of sp³-hybridized carbons (Fsp3) is 0.588. The summed E-state index contributed by atoms with van der Waals surface area (Å²) in [5.41, 5.74) is 3.63. The van der Waals surface area contributed by atoms with Gasteiger partial charge in [-0.05, 0) is 45.0 Å². The van der Waals surface area contributed by atoms with E-state index in [4.69, 9.17) is 0 Å². The molecule has 0 saturated heterocycles. The van der Waals surface area contributed by atoms with Gasteiger partial charge < -0.3 is 10.6 Å². The van der Waals surface area contributed by atoms with Gasteiger partial charge >= 0.3 is 6.18 Å². The minimum atomic E-state index is -4.15. The number of nitrogens with one attached hydrogen (secondary N) is 2. The second-order valence-corrected chi connectivity index (χ2v) is 5.99. The fourth-order valence-corrected chi connectivity index (χ4v) is 2.38. The van der Waals surface area contributed by atoms with Crippen molar-refractivity contribution in [3.05, 3.63) is 34.9 Å². The number of rotatable bonds is 7. The summed E-state index contributed by atoms with van der Waals surface area (Å²) in [7, 11) is 3.15. The van der Waals surface area contributed by atoms with E-state index in [-0.39, 0.29) is 0 Å². The lowest BCUT2D eigenvalue weighted by Crippen LogP contribution is -2.39. The third-order valence-corrected chi connectivity index (χ3v) is 3.63. The maximum Gasteiger partial charge on any atom is 0.401 e. The number of nitrogens with zero attached hydrogens (tertiary/aromatic N) is 2. The molecule has 1 aromatic carbocycles. The second kappa shape index (κ2) is 9.52. The lowest BCUT2D eigenvalue weighted by molar-refractivity contribution is -0.143. The zero-order valence-electron chi connectivity index (χ0n) is 14.8. The number of hydrogen-bond acceptors (Lipinski definition) is 2. The smallest absolute Gasteiger partial charge is 0.356 e. The van der Waals surface area contributed by atoms with Crippen LogP contribution < -0.4 is 10.6 Å². The molecule has 0 unspecified atom stereocenters. The molecule has 0 aliphatic carbocycles. The van der Waals surface area contributed by atoms with Crippen LogP contribution in [0.15, 0.2) is 23.2 Å². The molecule has 24 heavy (non-hydrogen) atoms. The first kappa shape index (κ1) is 20.3. The summed E-state index contributed by atoms with van der Waals surface area (Å²) in [6.45, 7) is 4.83. The van der Waals surface area contributed by atoms with Crippen molar-refractivity contribution in [3.63, 3.8) is 0 Å². The highest BCUT2D eigenvalue weighted by Gasteiger charge is 2.28. The van der Waals surface area contributed by atoms with Gasteiger partial charge in [-0.25, -0.2) is 0 Å². The summed E-state index contributed by atoms with van der Waals surface area (Å²) in [5, 5.41) is 6.34.